The lowest BCUT2D eigenvalue weighted by molar-refractivity contribution is 0.391. The Labute approximate surface area is 123 Å². The third kappa shape index (κ3) is 1.96. The Kier molecular flexibility index (Phi) is 2.84. The van der Waals surface area contributed by atoms with Crippen LogP contribution < -0.4 is 0 Å². The van der Waals surface area contributed by atoms with Crippen LogP contribution in [0.4, 0.5) is 0 Å². The van der Waals surface area contributed by atoms with Gasteiger partial charge in [-0.3, -0.25) is 0 Å². The van der Waals surface area contributed by atoms with Crippen LogP contribution in [0.5, 0.6) is 34.5 Å². The molecule has 0 fully saturated rings. The summed E-state index contributed by atoms with van der Waals surface area (Å²) in [6.45, 7) is 0. The minimum atomic E-state index is -0.600. The molecule has 0 saturated heterocycles. The van der Waals surface area contributed by atoms with E-state index in [1.807, 2.05) is 0 Å². The van der Waals surface area contributed by atoms with Gasteiger partial charge < -0.3 is 30.6 Å². The third-order valence-electron chi connectivity index (χ3n) is 3.21. The van der Waals surface area contributed by atoms with Crippen molar-refractivity contribution in [3.8, 4) is 45.8 Å². The van der Waals surface area contributed by atoms with Crippen LogP contribution >= 0.6 is 0 Å². The van der Waals surface area contributed by atoms with Gasteiger partial charge in [0.2, 0.25) is 5.75 Å². The van der Waals surface area contributed by atoms with Crippen LogP contribution in [0.15, 0.2) is 34.7 Å². The van der Waals surface area contributed by atoms with Gasteiger partial charge in [0.1, 0.15) is 11.1 Å². The Morgan fingerprint density at radius 3 is 2.05 bits per heavy atom. The molecule has 7 heteroatoms. The minimum Gasteiger partial charge on any atom is -0.507 e. The Hall–Kier alpha value is -3.35. The predicted octanol–water partition coefficient (Wildman–Crippen LogP) is 2.61. The van der Waals surface area contributed by atoms with Gasteiger partial charge in [0.05, 0.1) is 5.56 Å². The molecule has 0 aliphatic heterocycles. The van der Waals surface area contributed by atoms with Crippen molar-refractivity contribution in [2.24, 2.45) is 0 Å². The molecule has 0 spiro atoms. The Morgan fingerprint density at radius 2 is 1.36 bits per heavy atom. The highest BCUT2D eigenvalue weighted by molar-refractivity contribution is 5.93. The average molecular weight is 303 g/mol. The lowest BCUT2D eigenvalue weighted by Gasteiger charge is -2.02. The van der Waals surface area contributed by atoms with E-state index in [0.717, 1.165) is 18.2 Å². The number of benzene rings is 2. The minimum absolute atomic E-state index is 0.000416. The topological polar surface area (TPSA) is 133 Å². The quantitative estimate of drug-likeness (QED) is 0.231. The number of hydrogen-bond acceptors (Lipinski definition) is 6. The van der Waals surface area contributed by atoms with Gasteiger partial charge in [-0.2, -0.15) is 4.42 Å². The van der Waals surface area contributed by atoms with Crippen molar-refractivity contribution in [1.29, 1.82) is 0 Å². The normalized spacial score (nSPS) is 10.9. The monoisotopic (exact) mass is 303 g/mol. The highest BCUT2D eigenvalue weighted by Crippen LogP contribution is 2.44. The summed E-state index contributed by atoms with van der Waals surface area (Å²) in [6, 6.07) is 5.79. The fourth-order valence-electron chi connectivity index (χ4n) is 2.11. The Bertz CT molecular complexity index is 902. The van der Waals surface area contributed by atoms with Gasteiger partial charge in [-0.25, -0.2) is 0 Å². The van der Waals surface area contributed by atoms with Crippen molar-refractivity contribution in [2.45, 2.75) is 0 Å². The van der Waals surface area contributed by atoms with Crippen molar-refractivity contribution < 1.29 is 35.1 Å². The zero-order valence-electron chi connectivity index (χ0n) is 11.0. The molecule has 2 aromatic carbocycles. The third-order valence-corrected chi connectivity index (χ3v) is 3.21. The molecule has 0 radical (unpaired) electrons. The molecule has 0 saturated carbocycles. The van der Waals surface area contributed by atoms with Crippen LogP contribution in [0.3, 0.4) is 0 Å². The maximum atomic E-state index is 10.0. The molecule has 0 aliphatic rings. The molecule has 112 valence electrons. The zero-order chi connectivity index (χ0) is 16.0. The largest absolute Gasteiger partial charge is 0.507 e. The molecule has 0 unspecified atom stereocenters. The van der Waals surface area contributed by atoms with Crippen LogP contribution in [0.2, 0.25) is 0 Å². The van der Waals surface area contributed by atoms with E-state index in [1.165, 1.54) is 12.1 Å². The van der Waals surface area contributed by atoms with Gasteiger partial charge in [0.25, 0.3) is 5.75 Å². The van der Waals surface area contributed by atoms with E-state index in [-0.39, 0.29) is 39.5 Å². The van der Waals surface area contributed by atoms with E-state index >= 15 is 0 Å². The van der Waals surface area contributed by atoms with Crippen molar-refractivity contribution in [1.82, 2.24) is 0 Å². The van der Waals surface area contributed by atoms with Crippen molar-refractivity contribution in [3.63, 3.8) is 0 Å². The SMILES string of the molecule is Oc1ccc(-c2[o+]c3c(O)c(O)cc(O)c3cc2O)cc1O. The van der Waals surface area contributed by atoms with Crippen molar-refractivity contribution in [2.75, 3.05) is 0 Å². The van der Waals surface area contributed by atoms with E-state index in [2.05, 4.69) is 0 Å². The first kappa shape index (κ1) is 13.6. The van der Waals surface area contributed by atoms with Crippen molar-refractivity contribution >= 4 is 11.0 Å². The first-order valence-corrected chi connectivity index (χ1v) is 6.14. The first-order valence-electron chi connectivity index (χ1n) is 6.14. The molecular formula is C15H11O7+. The lowest BCUT2D eigenvalue weighted by Crippen LogP contribution is -1.84. The van der Waals surface area contributed by atoms with Gasteiger partial charge in [-0.1, -0.05) is 0 Å². The molecule has 7 nitrogen and oxygen atoms in total. The highest BCUT2D eigenvalue weighted by atomic mass is 16.4. The molecule has 1 aromatic heterocycles. The number of fused-ring (bicyclic) bond motifs is 1. The van der Waals surface area contributed by atoms with E-state index in [0.29, 0.717) is 0 Å². The Balaban J connectivity index is 2.33. The second-order valence-electron chi connectivity index (χ2n) is 4.67. The van der Waals surface area contributed by atoms with E-state index in [9.17, 15) is 30.6 Å². The summed E-state index contributed by atoms with van der Waals surface area (Å²) in [4.78, 5) is 0. The molecule has 0 amide bonds. The summed E-state index contributed by atoms with van der Waals surface area (Å²) in [5.41, 5.74) is -0.0187. The summed E-state index contributed by atoms with van der Waals surface area (Å²) in [5, 5.41) is 57.9. The summed E-state index contributed by atoms with van der Waals surface area (Å²) >= 11 is 0. The summed E-state index contributed by atoms with van der Waals surface area (Å²) in [7, 11) is 0. The second kappa shape index (κ2) is 4.59. The van der Waals surface area contributed by atoms with Crippen molar-refractivity contribution in [3.05, 3.63) is 30.3 Å². The smallest absolute Gasteiger partial charge is 0.410 e. The van der Waals surface area contributed by atoms with E-state index < -0.39 is 17.2 Å². The predicted molar refractivity (Wildman–Crippen MR) is 76.0 cm³/mol. The summed E-state index contributed by atoms with van der Waals surface area (Å²) in [5.74, 6) is -2.82. The standard InChI is InChI=1S/C15H10O7/c16-8-2-1-6(3-10(8)18)14-12(20)4-7-9(17)5-11(19)13(21)15(7)22-14/h1-5H,(H5-,16,17,18,19,20,21)/p+1. The number of rotatable bonds is 1. The van der Waals surface area contributed by atoms with Gasteiger partial charge in [-0.15, -0.1) is 0 Å². The number of aromatic hydroxyl groups is 6. The fraction of sp³-hybridized carbons (Fsp3) is 0. The van der Waals surface area contributed by atoms with Crippen LogP contribution in [-0.4, -0.2) is 30.6 Å². The maximum absolute atomic E-state index is 10.0. The highest BCUT2D eigenvalue weighted by Gasteiger charge is 2.28. The van der Waals surface area contributed by atoms with Gasteiger partial charge >= 0.3 is 11.3 Å². The molecular weight excluding hydrogens is 292 g/mol. The number of hydrogen-bond donors (Lipinski definition) is 6. The van der Waals surface area contributed by atoms with E-state index in [4.69, 9.17) is 4.42 Å². The molecule has 0 atom stereocenters. The number of phenolic OH excluding ortho intramolecular Hbond substituents is 5. The molecule has 0 bridgehead atoms. The molecule has 3 aromatic rings. The second-order valence-corrected chi connectivity index (χ2v) is 4.67. The number of phenols is 5. The lowest BCUT2D eigenvalue weighted by atomic mass is 10.1. The molecule has 22 heavy (non-hydrogen) atoms. The summed E-state index contributed by atoms with van der Waals surface area (Å²) in [6.07, 6.45) is 0. The van der Waals surface area contributed by atoms with Gasteiger partial charge in [-0.05, 0) is 12.1 Å². The van der Waals surface area contributed by atoms with Crippen LogP contribution in [0.25, 0.3) is 22.3 Å². The fourth-order valence-corrected chi connectivity index (χ4v) is 2.11. The van der Waals surface area contributed by atoms with Crippen LogP contribution in [0, 0.1) is 0 Å². The van der Waals surface area contributed by atoms with E-state index in [1.54, 1.807) is 0 Å². The zero-order valence-corrected chi connectivity index (χ0v) is 11.0. The molecule has 1 heterocycles. The summed E-state index contributed by atoms with van der Waals surface area (Å²) < 4.78 is 5.35. The maximum Gasteiger partial charge on any atom is 0.410 e. The Morgan fingerprint density at radius 1 is 0.636 bits per heavy atom. The molecule has 0 aliphatic carbocycles. The molecule has 3 rings (SSSR count). The van der Waals surface area contributed by atoms with Gasteiger partial charge in [0, 0.05) is 18.2 Å². The first-order chi connectivity index (χ1) is 10.4. The average Bonchev–Trinajstić information content (AvgIpc) is 2.47. The van der Waals surface area contributed by atoms with Crippen LogP contribution in [0.1, 0.15) is 0 Å². The van der Waals surface area contributed by atoms with Crippen LogP contribution in [-0.2, 0) is 0 Å². The van der Waals surface area contributed by atoms with Gasteiger partial charge in [0.15, 0.2) is 17.2 Å². The molecule has 6 N–H and O–H groups in total.